The third-order valence-electron chi connectivity index (χ3n) is 4.03. The smallest absolute Gasteiger partial charge is 0.414 e. The molecule has 4 nitrogen and oxygen atoms in total. The van der Waals surface area contributed by atoms with Crippen molar-refractivity contribution in [3.8, 4) is 5.69 Å². The van der Waals surface area contributed by atoms with Gasteiger partial charge in [0, 0.05) is 11.8 Å². The molecule has 21 heavy (non-hydrogen) atoms. The summed E-state index contributed by atoms with van der Waals surface area (Å²) in [6.07, 6.45) is 2.23. The average molecular weight is 279 g/mol. The van der Waals surface area contributed by atoms with Crippen LogP contribution in [0.25, 0.3) is 16.5 Å². The average Bonchev–Trinajstić information content (AvgIpc) is 2.96. The molecule has 4 rings (SSSR count). The Kier molecular flexibility index (Phi) is 2.57. The molecule has 0 bridgehead atoms. The normalized spacial score (nSPS) is 13.5. The molecule has 0 spiro atoms. The molecule has 0 saturated heterocycles. The predicted molar refractivity (Wildman–Crippen MR) is 80.1 cm³/mol. The number of fused-ring (bicyclic) bond motifs is 2. The van der Waals surface area contributed by atoms with E-state index in [1.54, 1.807) is 6.07 Å². The van der Waals surface area contributed by atoms with Crippen molar-refractivity contribution in [3.05, 3.63) is 74.7 Å². The van der Waals surface area contributed by atoms with Crippen molar-refractivity contribution in [3.63, 3.8) is 0 Å². The van der Waals surface area contributed by atoms with Crippen molar-refractivity contribution in [2.24, 2.45) is 0 Å². The van der Waals surface area contributed by atoms with Gasteiger partial charge in [0.2, 0.25) is 0 Å². The van der Waals surface area contributed by atoms with Crippen LogP contribution in [0.3, 0.4) is 0 Å². The highest BCUT2D eigenvalue weighted by Crippen LogP contribution is 2.22. The second kappa shape index (κ2) is 4.45. The van der Waals surface area contributed by atoms with E-state index in [0.717, 1.165) is 21.8 Å². The second-order valence-electron chi connectivity index (χ2n) is 5.26. The summed E-state index contributed by atoms with van der Waals surface area (Å²) >= 11 is 0. The van der Waals surface area contributed by atoms with Crippen molar-refractivity contribution < 1.29 is 4.42 Å². The Labute approximate surface area is 120 Å². The van der Waals surface area contributed by atoms with Gasteiger partial charge in [-0.15, -0.1) is 0 Å². The maximum absolute atomic E-state index is 12.6. The van der Waals surface area contributed by atoms with Gasteiger partial charge in [-0.25, -0.2) is 9.36 Å². The van der Waals surface area contributed by atoms with E-state index in [2.05, 4.69) is 0 Å². The van der Waals surface area contributed by atoms with Crippen molar-refractivity contribution >= 4 is 10.8 Å². The molecular formula is C17H13NO3. The predicted octanol–water partition coefficient (Wildman–Crippen LogP) is 2.43. The Balaban J connectivity index is 2.11. The van der Waals surface area contributed by atoms with E-state index in [1.807, 2.05) is 36.4 Å². The summed E-state index contributed by atoms with van der Waals surface area (Å²) < 4.78 is 6.50. The zero-order valence-electron chi connectivity index (χ0n) is 11.3. The van der Waals surface area contributed by atoms with Gasteiger partial charge in [-0.3, -0.25) is 4.79 Å². The fourth-order valence-corrected chi connectivity index (χ4v) is 3.03. The first-order chi connectivity index (χ1) is 10.3. The van der Waals surface area contributed by atoms with Crippen LogP contribution in [0.2, 0.25) is 0 Å². The van der Waals surface area contributed by atoms with Crippen LogP contribution in [0.5, 0.6) is 0 Å². The van der Waals surface area contributed by atoms with Crippen LogP contribution in [0, 0.1) is 0 Å². The molecule has 3 aromatic rings. The maximum atomic E-state index is 12.6. The molecule has 0 unspecified atom stereocenters. The standard InChI is InChI=1S/C17H13NO3/c19-16-13-8-4-10-15(13)21-17(20)18(16)14-9-3-6-11-5-1-2-7-12(11)14/h1-3,5-7,9H,4,8,10H2. The SMILES string of the molecule is O=c1oc2c(c(=O)n1-c1cccc3ccccc13)CCC2. The summed E-state index contributed by atoms with van der Waals surface area (Å²) in [5.74, 6) is -0.0431. The fourth-order valence-electron chi connectivity index (χ4n) is 3.03. The quantitative estimate of drug-likeness (QED) is 0.687. The van der Waals surface area contributed by atoms with Crippen LogP contribution in [0.1, 0.15) is 17.7 Å². The molecule has 0 fully saturated rings. The van der Waals surface area contributed by atoms with Crippen molar-refractivity contribution in [1.29, 1.82) is 0 Å². The van der Waals surface area contributed by atoms with Gasteiger partial charge in [0.25, 0.3) is 5.56 Å². The highest BCUT2D eigenvalue weighted by molar-refractivity contribution is 5.90. The lowest BCUT2D eigenvalue weighted by Gasteiger charge is -2.09. The molecule has 0 amide bonds. The van der Waals surface area contributed by atoms with E-state index in [1.165, 1.54) is 0 Å². The fraction of sp³-hybridized carbons (Fsp3) is 0.176. The molecule has 0 saturated carbocycles. The largest absolute Gasteiger partial charge is 0.426 e. The summed E-state index contributed by atoms with van der Waals surface area (Å²) in [6.45, 7) is 0. The first kappa shape index (κ1) is 12.1. The van der Waals surface area contributed by atoms with Gasteiger partial charge in [0.1, 0.15) is 5.76 Å². The number of rotatable bonds is 1. The van der Waals surface area contributed by atoms with Crippen molar-refractivity contribution in [2.45, 2.75) is 19.3 Å². The number of aromatic nitrogens is 1. The summed E-state index contributed by atoms with van der Waals surface area (Å²) in [5, 5.41) is 1.86. The summed E-state index contributed by atoms with van der Waals surface area (Å²) in [5.41, 5.74) is 0.985. The van der Waals surface area contributed by atoms with Gasteiger partial charge in [0.15, 0.2) is 0 Å². The van der Waals surface area contributed by atoms with E-state index >= 15 is 0 Å². The Hall–Kier alpha value is -2.62. The Morgan fingerprint density at radius 3 is 2.67 bits per heavy atom. The van der Waals surface area contributed by atoms with E-state index in [4.69, 9.17) is 4.42 Å². The minimum atomic E-state index is -0.600. The van der Waals surface area contributed by atoms with Crippen molar-refractivity contribution in [2.75, 3.05) is 0 Å². The molecule has 104 valence electrons. The number of nitrogens with zero attached hydrogens (tertiary/aromatic N) is 1. The van der Waals surface area contributed by atoms with E-state index in [0.29, 0.717) is 29.9 Å². The monoisotopic (exact) mass is 279 g/mol. The van der Waals surface area contributed by atoms with Gasteiger partial charge >= 0.3 is 5.76 Å². The summed E-state index contributed by atoms with van der Waals surface area (Å²) in [6, 6.07) is 13.3. The van der Waals surface area contributed by atoms with Crippen LogP contribution in [-0.4, -0.2) is 4.57 Å². The maximum Gasteiger partial charge on any atom is 0.426 e. The van der Waals surface area contributed by atoms with E-state index < -0.39 is 5.76 Å². The molecule has 1 aromatic heterocycles. The van der Waals surface area contributed by atoms with Crippen LogP contribution in [0.15, 0.2) is 56.5 Å². The van der Waals surface area contributed by atoms with Gasteiger partial charge < -0.3 is 4.42 Å². The van der Waals surface area contributed by atoms with Crippen LogP contribution in [0.4, 0.5) is 0 Å². The Morgan fingerprint density at radius 2 is 1.76 bits per heavy atom. The lowest BCUT2D eigenvalue weighted by molar-refractivity contribution is 0.422. The highest BCUT2D eigenvalue weighted by Gasteiger charge is 2.22. The van der Waals surface area contributed by atoms with Gasteiger partial charge in [-0.05, 0) is 24.3 Å². The third kappa shape index (κ3) is 1.76. The topological polar surface area (TPSA) is 52.2 Å². The first-order valence-electron chi connectivity index (χ1n) is 7.02. The lowest BCUT2D eigenvalue weighted by atomic mass is 10.1. The molecule has 1 heterocycles. The zero-order valence-corrected chi connectivity index (χ0v) is 11.3. The minimum Gasteiger partial charge on any atom is -0.414 e. The van der Waals surface area contributed by atoms with Gasteiger partial charge in [0.05, 0.1) is 11.3 Å². The van der Waals surface area contributed by atoms with Gasteiger partial charge in [-0.2, -0.15) is 0 Å². The Bertz CT molecular complexity index is 960. The molecule has 0 N–H and O–H groups in total. The molecule has 4 heteroatoms. The van der Waals surface area contributed by atoms with Crippen LogP contribution >= 0.6 is 0 Å². The summed E-state index contributed by atoms with van der Waals surface area (Å²) in [7, 11) is 0. The Morgan fingerprint density at radius 1 is 0.952 bits per heavy atom. The minimum absolute atomic E-state index is 0.241. The lowest BCUT2D eigenvalue weighted by Crippen LogP contribution is -2.33. The van der Waals surface area contributed by atoms with Crippen LogP contribution in [-0.2, 0) is 12.8 Å². The first-order valence-corrected chi connectivity index (χ1v) is 7.02. The van der Waals surface area contributed by atoms with E-state index in [-0.39, 0.29) is 5.56 Å². The number of hydrogen-bond acceptors (Lipinski definition) is 3. The summed E-state index contributed by atoms with van der Waals surface area (Å²) in [4.78, 5) is 24.9. The zero-order chi connectivity index (χ0) is 14.4. The number of hydrogen-bond donors (Lipinski definition) is 0. The molecule has 1 aliphatic carbocycles. The molecule has 1 aliphatic rings. The third-order valence-corrected chi connectivity index (χ3v) is 4.03. The molecule has 0 atom stereocenters. The number of aryl methyl sites for hydroxylation is 1. The van der Waals surface area contributed by atoms with Gasteiger partial charge in [-0.1, -0.05) is 36.4 Å². The van der Waals surface area contributed by atoms with Crippen LogP contribution < -0.4 is 11.3 Å². The van der Waals surface area contributed by atoms with E-state index in [9.17, 15) is 9.59 Å². The molecule has 2 aromatic carbocycles. The highest BCUT2D eigenvalue weighted by atomic mass is 16.4. The molecular weight excluding hydrogens is 266 g/mol. The molecule has 0 radical (unpaired) electrons. The van der Waals surface area contributed by atoms with Crippen molar-refractivity contribution in [1.82, 2.24) is 4.57 Å². The number of benzene rings is 2. The molecule has 0 aliphatic heterocycles. The second-order valence-corrected chi connectivity index (χ2v) is 5.26.